The molecule has 2 rings (SSSR count). The van der Waals surface area contributed by atoms with Crippen molar-refractivity contribution < 1.29 is 0 Å². The maximum absolute atomic E-state index is 2.69. The lowest BCUT2D eigenvalue weighted by Gasteiger charge is -2.49. The molecule has 4 unspecified atom stereocenters. The lowest BCUT2D eigenvalue weighted by Crippen LogP contribution is -2.40. The van der Waals surface area contributed by atoms with Gasteiger partial charge in [-0.3, -0.25) is 0 Å². The van der Waals surface area contributed by atoms with Gasteiger partial charge in [0.15, 0.2) is 0 Å². The van der Waals surface area contributed by atoms with Gasteiger partial charge in [-0.25, -0.2) is 0 Å². The van der Waals surface area contributed by atoms with Crippen LogP contribution in [0.2, 0.25) is 0 Å². The van der Waals surface area contributed by atoms with E-state index in [1.54, 1.807) is 5.57 Å². The number of rotatable bonds is 6. The third kappa shape index (κ3) is 3.08. The summed E-state index contributed by atoms with van der Waals surface area (Å²) >= 11 is 0. The number of unbranched alkanes of at least 4 members (excludes halogenated alkanes) is 1. The van der Waals surface area contributed by atoms with Gasteiger partial charge < -0.3 is 0 Å². The molecule has 1 fully saturated rings. The van der Waals surface area contributed by atoms with Crippen LogP contribution in [0.5, 0.6) is 0 Å². The molecule has 0 radical (unpaired) electrons. The monoisotopic (exact) mass is 316 g/mol. The van der Waals surface area contributed by atoms with E-state index in [4.69, 9.17) is 0 Å². The Bertz CT molecular complexity index is 466. The first-order valence-electron chi connectivity index (χ1n) is 10.2. The molecule has 0 bridgehead atoms. The summed E-state index contributed by atoms with van der Waals surface area (Å²) in [6.07, 6.45) is 14.5. The molecule has 132 valence electrons. The minimum absolute atomic E-state index is 0.400. The van der Waals surface area contributed by atoms with Crippen LogP contribution in [0.15, 0.2) is 23.3 Å². The van der Waals surface area contributed by atoms with Gasteiger partial charge in [0, 0.05) is 0 Å². The summed E-state index contributed by atoms with van der Waals surface area (Å²) in [7, 11) is 0. The third-order valence-electron chi connectivity index (χ3n) is 7.68. The van der Waals surface area contributed by atoms with Crippen molar-refractivity contribution in [1.82, 2.24) is 0 Å². The Labute approximate surface area is 145 Å². The summed E-state index contributed by atoms with van der Waals surface area (Å²) in [4.78, 5) is 0. The van der Waals surface area contributed by atoms with Crippen molar-refractivity contribution in [1.29, 1.82) is 0 Å². The Morgan fingerprint density at radius 2 is 2.04 bits per heavy atom. The Balaban J connectivity index is 2.41. The molecular weight excluding hydrogens is 276 g/mol. The molecule has 0 nitrogen and oxygen atoms in total. The molecule has 4 atom stereocenters. The van der Waals surface area contributed by atoms with Crippen molar-refractivity contribution in [2.24, 2.45) is 28.6 Å². The van der Waals surface area contributed by atoms with E-state index in [0.29, 0.717) is 10.8 Å². The smallest absolute Gasteiger partial charge is 0.00479 e. The van der Waals surface area contributed by atoms with E-state index in [9.17, 15) is 0 Å². The van der Waals surface area contributed by atoms with E-state index in [1.165, 1.54) is 44.9 Å². The molecule has 0 heteroatoms. The summed E-state index contributed by atoms with van der Waals surface area (Å²) in [6.45, 7) is 17.0. The van der Waals surface area contributed by atoms with Gasteiger partial charge in [-0.15, -0.1) is 0 Å². The van der Waals surface area contributed by atoms with Gasteiger partial charge in [0.1, 0.15) is 0 Å². The molecule has 0 aromatic heterocycles. The normalized spacial score (nSPS) is 35.3. The van der Waals surface area contributed by atoms with Gasteiger partial charge in [-0.1, -0.05) is 77.7 Å². The second-order valence-electron chi connectivity index (χ2n) is 8.93. The molecule has 23 heavy (non-hydrogen) atoms. The molecule has 0 saturated heterocycles. The van der Waals surface area contributed by atoms with E-state index < -0.39 is 0 Å². The van der Waals surface area contributed by atoms with E-state index in [1.807, 2.05) is 5.57 Å². The molecule has 1 saturated carbocycles. The SMILES string of the molecule is CC=C1CCC2C(CC)C(C(C)(CCCC)C(C)C)=CCC12C. The molecule has 0 spiro atoms. The molecular formula is C23H40. The van der Waals surface area contributed by atoms with E-state index in [0.717, 1.165) is 17.8 Å². The van der Waals surface area contributed by atoms with Crippen LogP contribution in [0.25, 0.3) is 0 Å². The topological polar surface area (TPSA) is 0 Å². The van der Waals surface area contributed by atoms with Crippen molar-refractivity contribution in [2.75, 3.05) is 0 Å². The zero-order valence-corrected chi connectivity index (χ0v) is 16.8. The van der Waals surface area contributed by atoms with Gasteiger partial charge in [0.2, 0.25) is 0 Å². The average Bonchev–Trinajstić information content (AvgIpc) is 2.87. The Hall–Kier alpha value is -0.520. The van der Waals surface area contributed by atoms with Crippen molar-refractivity contribution in [3.05, 3.63) is 23.3 Å². The number of hydrogen-bond donors (Lipinski definition) is 0. The van der Waals surface area contributed by atoms with Crippen LogP contribution in [0.4, 0.5) is 0 Å². The minimum atomic E-state index is 0.400. The highest BCUT2D eigenvalue weighted by Crippen LogP contribution is 2.61. The number of fused-ring (bicyclic) bond motifs is 1. The molecule has 0 N–H and O–H groups in total. The highest BCUT2D eigenvalue weighted by Gasteiger charge is 2.50. The lowest BCUT2D eigenvalue weighted by molar-refractivity contribution is 0.134. The maximum Gasteiger partial charge on any atom is -0.00479 e. The standard InChI is InChI=1S/C23H40/c1-8-11-15-22(6,17(4)5)21-14-16-23(7)18(9-2)12-13-20(23)19(21)10-3/h9,14,17,19-20H,8,10-13,15-16H2,1-7H3. The fourth-order valence-electron chi connectivity index (χ4n) is 5.72. The predicted molar refractivity (Wildman–Crippen MR) is 104 cm³/mol. The first-order chi connectivity index (χ1) is 10.8. The van der Waals surface area contributed by atoms with E-state index in [2.05, 4.69) is 60.6 Å². The predicted octanol–water partition coefficient (Wildman–Crippen LogP) is 7.56. The van der Waals surface area contributed by atoms with E-state index >= 15 is 0 Å². The van der Waals surface area contributed by atoms with Gasteiger partial charge >= 0.3 is 0 Å². The molecule has 0 aromatic carbocycles. The third-order valence-corrected chi connectivity index (χ3v) is 7.68. The summed E-state index contributed by atoms with van der Waals surface area (Å²) < 4.78 is 0. The van der Waals surface area contributed by atoms with Gasteiger partial charge in [0.25, 0.3) is 0 Å². The summed E-state index contributed by atoms with van der Waals surface area (Å²) in [5.41, 5.74) is 4.40. The van der Waals surface area contributed by atoms with Crippen molar-refractivity contribution >= 4 is 0 Å². The molecule has 2 aliphatic carbocycles. The van der Waals surface area contributed by atoms with Crippen LogP contribution < -0.4 is 0 Å². The van der Waals surface area contributed by atoms with E-state index in [-0.39, 0.29) is 0 Å². The van der Waals surface area contributed by atoms with Crippen molar-refractivity contribution in [3.8, 4) is 0 Å². The number of allylic oxidation sites excluding steroid dienone is 4. The fraction of sp³-hybridized carbons (Fsp3) is 0.826. The number of hydrogen-bond acceptors (Lipinski definition) is 0. The lowest BCUT2D eigenvalue weighted by atomic mass is 9.55. The zero-order valence-electron chi connectivity index (χ0n) is 16.8. The molecule has 0 aliphatic heterocycles. The van der Waals surface area contributed by atoms with Crippen molar-refractivity contribution in [2.45, 2.75) is 93.4 Å². The van der Waals surface area contributed by atoms with Gasteiger partial charge in [-0.2, -0.15) is 0 Å². The fourth-order valence-corrected chi connectivity index (χ4v) is 5.72. The Kier molecular flexibility index (Phi) is 5.85. The maximum atomic E-state index is 2.69. The zero-order chi connectivity index (χ0) is 17.3. The Morgan fingerprint density at radius 3 is 2.57 bits per heavy atom. The quantitative estimate of drug-likeness (QED) is 0.443. The highest BCUT2D eigenvalue weighted by molar-refractivity contribution is 5.32. The van der Waals surface area contributed by atoms with Crippen LogP contribution >= 0.6 is 0 Å². The van der Waals surface area contributed by atoms with Crippen LogP contribution in [0.3, 0.4) is 0 Å². The Morgan fingerprint density at radius 1 is 1.35 bits per heavy atom. The molecule has 0 heterocycles. The van der Waals surface area contributed by atoms with Gasteiger partial charge in [0.05, 0.1) is 0 Å². The highest BCUT2D eigenvalue weighted by atomic mass is 14.5. The first kappa shape index (κ1) is 18.8. The van der Waals surface area contributed by atoms with Crippen LogP contribution in [0, 0.1) is 28.6 Å². The minimum Gasteiger partial charge on any atom is -0.0879 e. The van der Waals surface area contributed by atoms with Crippen molar-refractivity contribution in [3.63, 3.8) is 0 Å². The summed E-state index contributed by atoms with van der Waals surface area (Å²) in [6, 6.07) is 0. The van der Waals surface area contributed by atoms with Crippen LogP contribution in [-0.4, -0.2) is 0 Å². The average molecular weight is 317 g/mol. The second kappa shape index (κ2) is 7.16. The molecule has 0 aromatic rings. The first-order valence-corrected chi connectivity index (χ1v) is 10.2. The second-order valence-corrected chi connectivity index (χ2v) is 8.93. The largest absolute Gasteiger partial charge is 0.0879 e. The molecule has 0 amide bonds. The van der Waals surface area contributed by atoms with Gasteiger partial charge in [-0.05, 0) is 67.6 Å². The summed E-state index contributed by atoms with van der Waals surface area (Å²) in [5, 5.41) is 0. The molecule has 2 aliphatic rings. The van der Waals surface area contributed by atoms with Crippen LogP contribution in [-0.2, 0) is 0 Å². The van der Waals surface area contributed by atoms with Crippen LogP contribution in [0.1, 0.15) is 93.4 Å². The summed E-state index contributed by atoms with van der Waals surface area (Å²) in [5.74, 6) is 2.41.